The lowest BCUT2D eigenvalue weighted by Gasteiger charge is -2.14. The van der Waals surface area contributed by atoms with E-state index < -0.39 is 0 Å². The van der Waals surface area contributed by atoms with Gasteiger partial charge in [-0.25, -0.2) is 0 Å². The summed E-state index contributed by atoms with van der Waals surface area (Å²) in [5, 5.41) is 9.45. The molecule has 4 heteroatoms. The highest BCUT2D eigenvalue weighted by Crippen LogP contribution is 2.37. The summed E-state index contributed by atoms with van der Waals surface area (Å²) >= 11 is 3.20. The first-order valence-corrected chi connectivity index (χ1v) is 5.07. The van der Waals surface area contributed by atoms with Gasteiger partial charge in [0.1, 0.15) is 5.75 Å². The van der Waals surface area contributed by atoms with Crippen LogP contribution < -0.4 is 9.47 Å². The van der Waals surface area contributed by atoms with Gasteiger partial charge in [-0.05, 0) is 29.8 Å². The molecule has 0 saturated carbocycles. The second-order valence-electron chi connectivity index (χ2n) is 3.12. The summed E-state index contributed by atoms with van der Waals surface area (Å²) in [5.41, 5.74) is 0. The number of aromatic hydroxyl groups is 1. The highest BCUT2D eigenvalue weighted by atomic mass is 79.9. The molecule has 0 aromatic heterocycles. The van der Waals surface area contributed by atoms with E-state index in [4.69, 9.17) is 9.47 Å². The van der Waals surface area contributed by atoms with Crippen LogP contribution in [-0.4, -0.2) is 18.3 Å². The molecule has 0 heterocycles. The molecule has 0 aliphatic rings. The molecule has 0 aliphatic heterocycles. The Morgan fingerprint density at radius 1 is 1.29 bits per heavy atom. The third-order valence-corrected chi connectivity index (χ3v) is 2.23. The zero-order valence-electron chi connectivity index (χ0n) is 8.37. The Kier molecular flexibility index (Phi) is 3.63. The topological polar surface area (TPSA) is 38.7 Å². The molecular weight excluding hydrogens is 248 g/mol. The molecule has 3 nitrogen and oxygen atoms in total. The summed E-state index contributed by atoms with van der Waals surface area (Å²) in [6.07, 6.45) is 0.0458. The van der Waals surface area contributed by atoms with E-state index in [9.17, 15) is 5.11 Å². The van der Waals surface area contributed by atoms with Crippen molar-refractivity contribution >= 4 is 15.9 Å². The van der Waals surface area contributed by atoms with Crippen molar-refractivity contribution in [1.82, 2.24) is 0 Å². The van der Waals surface area contributed by atoms with Crippen LogP contribution in [0.4, 0.5) is 0 Å². The summed E-state index contributed by atoms with van der Waals surface area (Å²) in [6, 6.07) is 3.20. The maximum atomic E-state index is 9.45. The lowest BCUT2D eigenvalue weighted by Crippen LogP contribution is -2.06. The van der Waals surface area contributed by atoms with Gasteiger partial charge in [0.25, 0.3) is 0 Å². The zero-order chi connectivity index (χ0) is 10.7. The van der Waals surface area contributed by atoms with Gasteiger partial charge in [0.15, 0.2) is 11.5 Å². The summed E-state index contributed by atoms with van der Waals surface area (Å²) < 4.78 is 11.2. The molecule has 0 atom stereocenters. The fourth-order valence-electron chi connectivity index (χ4n) is 1.03. The fourth-order valence-corrected chi connectivity index (χ4v) is 1.35. The highest BCUT2D eigenvalue weighted by Gasteiger charge is 2.10. The third kappa shape index (κ3) is 2.54. The van der Waals surface area contributed by atoms with Crippen LogP contribution in [0.25, 0.3) is 0 Å². The van der Waals surface area contributed by atoms with Crippen molar-refractivity contribution in [1.29, 1.82) is 0 Å². The summed E-state index contributed by atoms with van der Waals surface area (Å²) in [5.74, 6) is 1.29. The molecule has 0 spiro atoms. The smallest absolute Gasteiger partial charge is 0.165 e. The van der Waals surface area contributed by atoms with Gasteiger partial charge in [0.05, 0.1) is 17.7 Å². The first-order chi connectivity index (χ1) is 6.54. The van der Waals surface area contributed by atoms with E-state index in [1.54, 1.807) is 13.2 Å². The molecule has 14 heavy (non-hydrogen) atoms. The SMILES string of the molecule is COc1cc(Br)c(O)cc1OC(C)C. The minimum atomic E-state index is 0.0458. The van der Waals surface area contributed by atoms with Crippen LogP contribution >= 0.6 is 15.9 Å². The molecule has 0 aliphatic carbocycles. The molecular formula is C10H13BrO3. The van der Waals surface area contributed by atoms with Crippen LogP contribution in [0.15, 0.2) is 16.6 Å². The van der Waals surface area contributed by atoms with Gasteiger partial charge in [-0.1, -0.05) is 0 Å². The first kappa shape index (κ1) is 11.2. The normalized spacial score (nSPS) is 10.4. The Balaban J connectivity index is 3.07. The summed E-state index contributed by atoms with van der Waals surface area (Å²) in [7, 11) is 1.56. The number of benzene rings is 1. The third-order valence-electron chi connectivity index (χ3n) is 1.60. The number of ether oxygens (including phenoxy) is 2. The minimum absolute atomic E-state index is 0.0458. The number of hydrogen-bond acceptors (Lipinski definition) is 3. The predicted octanol–water partition coefficient (Wildman–Crippen LogP) is 2.95. The maximum absolute atomic E-state index is 9.45. The molecule has 0 bridgehead atoms. The van der Waals surface area contributed by atoms with Crippen LogP contribution in [0, 0.1) is 0 Å². The number of phenols is 1. The molecule has 0 unspecified atom stereocenters. The van der Waals surface area contributed by atoms with Gasteiger partial charge < -0.3 is 14.6 Å². The minimum Gasteiger partial charge on any atom is -0.507 e. The molecule has 0 fully saturated rings. The lowest BCUT2D eigenvalue weighted by atomic mass is 10.3. The fraction of sp³-hybridized carbons (Fsp3) is 0.400. The average molecular weight is 261 g/mol. The molecule has 1 rings (SSSR count). The van der Waals surface area contributed by atoms with E-state index in [0.29, 0.717) is 16.0 Å². The van der Waals surface area contributed by atoms with Gasteiger partial charge >= 0.3 is 0 Å². The summed E-state index contributed by atoms with van der Waals surface area (Å²) in [6.45, 7) is 3.83. The van der Waals surface area contributed by atoms with Crippen LogP contribution in [-0.2, 0) is 0 Å². The Bertz CT molecular complexity index is 323. The van der Waals surface area contributed by atoms with Crippen molar-refractivity contribution < 1.29 is 14.6 Å². The van der Waals surface area contributed by atoms with E-state index in [1.165, 1.54) is 6.07 Å². The molecule has 78 valence electrons. The Hall–Kier alpha value is -0.900. The molecule has 1 aromatic rings. The van der Waals surface area contributed by atoms with E-state index in [0.717, 1.165) is 0 Å². The van der Waals surface area contributed by atoms with Gasteiger partial charge in [-0.3, -0.25) is 0 Å². The van der Waals surface area contributed by atoms with Crippen molar-refractivity contribution in [2.45, 2.75) is 20.0 Å². The van der Waals surface area contributed by atoms with Crippen molar-refractivity contribution in [3.05, 3.63) is 16.6 Å². The molecule has 0 amide bonds. The maximum Gasteiger partial charge on any atom is 0.165 e. The van der Waals surface area contributed by atoms with Crippen LogP contribution in [0.1, 0.15) is 13.8 Å². The number of rotatable bonds is 3. The van der Waals surface area contributed by atoms with E-state index in [2.05, 4.69) is 15.9 Å². The van der Waals surface area contributed by atoms with Gasteiger partial charge in [0.2, 0.25) is 0 Å². The standard InChI is InChI=1S/C10H13BrO3/c1-6(2)14-10-5-8(12)7(11)4-9(10)13-3/h4-6,12H,1-3H3. The van der Waals surface area contributed by atoms with Crippen LogP contribution in [0.5, 0.6) is 17.2 Å². The van der Waals surface area contributed by atoms with E-state index in [-0.39, 0.29) is 11.9 Å². The van der Waals surface area contributed by atoms with Crippen molar-refractivity contribution in [3.63, 3.8) is 0 Å². The average Bonchev–Trinajstić information content (AvgIpc) is 2.10. The van der Waals surface area contributed by atoms with E-state index >= 15 is 0 Å². The van der Waals surface area contributed by atoms with Crippen LogP contribution in [0.3, 0.4) is 0 Å². The number of halogens is 1. The number of methoxy groups -OCH3 is 1. The molecule has 1 aromatic carbocycles. The van der Waals surface area contributed by atoms with Crippen LogP contribution in [0.2, 0.25) is 0 Å². The number of phenolic OH excluding ortho intramolecular Hbond substituents is 1. The quantitative estimate of drug-likeness (QED) is 0.909. The molecule has 0 radical (unpaired) electrons. The summed E-state index contributed by atoms with van der Waals surface area (Å²) in [4.78, 5) is 0. The second-order valence-corrected chi connectivity index (χ2v) is 3.98. The Labute approximate surface area is 91.8 Å². The largest absolute Gasteiger partial charge is 0.507 e. The first-order valence-electron chi connectivity index (χ1n) is 4.27. The molecule has 0 saturated heterocycles. The Morgan fingerprint density at radius 2 is 1.93 bits per heavy atom. The Morgan fingerprint density at radius 3 is 2.43 bits per heavy atom. The van der Waals surface area contributed by atoms with Crippen molar-refractivity contribution in [2.75, 3.05) is 7.11 Å². The second kappa shape index (κ2) is 4.55. The van der Waals surface area contributed by atoms with Gasteiger partial charge in [0, 0.05) is 12.1 Å². The highest BCUT2D eigenvalue weighted by molar-refractivity contribution is 9.10. The van der Waals surface area contributed by atoms with Crippen molar-refractivity contribution in [3.8, 4) is 17.2 Å². The monoisotopic (exact) mass is 260 g/mol. The lowest BCUT2D eigenvalue weighted by molar-refractivity contribution is 0.229. The van der Waals surface area contributed by atoms with E-state index in [1.807, 2.05) is 13.8 Å². The number of hydrogen-bond donors (Lipinski definition) is 1. The van der Waals surface area contributed by atoms with Crippen molar-refractivity contribution in [2.24, 2.45) is 0 Å². The predicted molar refractivity (Wildman–Crippen MR) is 58.1 cm³/mol. The zero-order valence-corrected chi connectivity index (χ0v) is 9.96. The van der Waals surface area contributed by atoms with Gasteiger partial charge in [-0.2, -0.15) is 0 Å². The molecule has 1 N–H and O–H groups in total. The van der Waals surface area contributed by atoms with Gasteiger partial charge in [-0.15, -0.1) is 0 Å².